The molecule has 0 saturated heterocycles. The molecular formula is C11H9ClF4O3. The van der Waals surface area contributed by atoms with E-state index in [0.717, 1.165) is 25.1 Å². The van der Waals surface area contributed by atoms with Crippen LogP contribution in [-0.4, -0.2) is 19.0 Å². The Labute approximate surface area is 111 Å². The average Bonchev–Trinajstić information content (AvgIpc) is 2.28. The fraction of sp³-hybridized carbons (Fsp3) is 0.364. The van der Waals surface area contributed by atoms with Crippen LogP contribution in [0.15, 0.2) is 18.2 Å². The Balaban J connectivity index is 3.13. The molecule has 106 valence electrons. The van der Waals surface area contributed by atoms with Crippen LogP contribution in [0.2, 0.25) is 0 Å². The molecule has 0 N–H and O–H groups in total. The molecule has 0 spiro atoms. The van der Waals surface area contributed by atoms with Gasteiger partial charge >= 0.3 is 13.2 Å². The Hall–Kier alpha value is -1.50. The van der Waals surface area contributed by atoms with Gasteiger partial charge in [0.15, 0.2) is 5.78 Å². The number of Topliss-reactive ketones (excluding diaryl/α,β-unsaturated/α-hetero) is 1. The van der Waals surface area contributed by atoms with Crippen LogP contribution in [0.4, 0.5) is 17.6 Å². The molecule has 0 fully saturated rings. The molecule has 1 unspecified atom stereocenters. The first kappa shape index (κ1) is 15.6. The van der Waals surface area contributed by atoms with Gasteiger partial charge < -0.3 is 9.47 Å². The number of benzene rings is 1. The van der Waals surface area contributed by atoms with E-state index in [4.69, 9.17) is 11.6 Å². The number of rotatable bonds is 6. The highest BCUT2D eigenvalue weighted by atomic mass is 35.5. The van der Waals surface area contributed by atoms with Crippen LogP contribution in [0.5, 0.6) is 11.5 Å². The summed E-state index contributed by atoms with van der Waals surface area (Å²) in [7, 11) is 0. The molecule has 1 atom stereocenters. The van der Waals surface area contributed by atoms with Crippen molar-refractivity contribution in [3.05, 3.63) is 23.8 Å². The molecule has 19 heavy (non-hydrogen) atoms. The number of hydrogen-bond donors (Lipinski definition) is 0. The molecule has 1 rings (SSSR count). The summed E-state index contributed by atoms with van der Waals surface area (Å²) in [4.78, 5) is 11.2. The van der Waals surface area contributed by atoms with Crippen molar-refractivity contribution in [2.24, 2.45) is 0 Å². The van der Waals surface area contributed by atoms with Gasteiger partial charge in [-0.3, -0.25) is 4.79 Å². The van der Waals surface area contributed by atoms with Gasteiger partial charge in [-0.25, -0.2) is 0 Å². The van der Waals surface area contributed by atoms with Gasteiger partial charge in [0.05, 0.1) is 0 Å². The quantitative estimate of drug-likeness (QED) is 0.593. The summed E-state index contributed by atoms with van der Waals surface area (Å²) in [6, 6.07) is 2.96. The molecule has 1 aromatic rings. The van der Waals surface area contributed by atoms with Crippen molar-refractivity contribution in [1.29, 1.82) is 0 Å². The van der Waals surface area contributed by atoms with E-state index in [1.807, 2.05) is 0 Å². The molecular weight excluding hydrogens is 292 g/mol. The van der Waals surface area contributed by atoms with Gasteiger partial charge in [0.1, 0.15) is 16.9 Å². The van der Waals surface area contributed by atoms with Crippen LogP contribution in [0, 0.1) is 0 Å². The maximum atomic E-state index is 12.2. The van der Waals surface area contributed by atoms with Crippen LogP contribution in [-0.2, 0) is 4.79 Å². The highest BCUT2D eigenvalue weighted by Gasteiger charge is 2.21. The topological polar surface area (TPSA) is 35.5 Å². The van der Waals surface area contributed by atoms with E-state index < -0.39 is 24.4 Å². The van der Waals surface area contributed by atoms with Crippen molar-refractivity contribution in [2.45, 2.75) is 25.5 Å². The second-order valence-corrected chi connectivity index (χ2v) is 3.87. The SMILES string of the molecule is CC(=O)C(Cl)c1cc(OC(F)F)ccc1OC(F)F. The Morgan fingerprint density at radius 2 is 1.74 bits per heavy atom. The smallest absolute Gasteiger partial charge is 0.387 e. The molecule has 0 aliphatic rings. The zero-order valence-electron chi connectivity index (χ0n) is 9.58. The van der Waals surface area contributed by atoms with E-state index in [-0.39, 0.29) is 17.1 Å². The van der Waals surface area contributed by atoms with Crippen LogP contribution in [0.25, 0.3) is 0 Å². The highest BCUT2D eigenvalue weighted by molar-refractivity contribution is 6.31. The van der Waals surface area contributed by atoms with Gasteiger partial charge in [-0.05, 0) is 25.1 Å². The molecule has 8 heteroatoms. The molecule has 0 radical (unpaired) electrons. The molecule has 0 aliphatic heterocycles. The molecule has 0 heterocycles. The van der Waals surface area contributed by atoms with E-state index in [1.165, 1.54) is 0 Å². The lowest BCUT2D eigenvalue weighted by atomic mass is 10.1. The van der Waals surface area contributed by atoms with E-state index in [0.29, 0.717) is 0 Å². The summed E-state index contributed by atoms with van der Waals surface area (Å²) in [6.07, 6.45) is 0. The summed E-state index contributed by atoms with van der Waals surface area (Å²) >= 11 is 5.72. The normalized spacial score (nSPS) is 12.6. The Kier molecular flexibility index (Phi) is 5.41. The van der Waals surface area contributed by atoms with Crippen LogP contribution < -0.4 is 9.47 Å². The van der Waals surface area contributed by atoms with Crippen LogP contribution in [0.3, 0.4) is 0 Å². The number of ether oxygens (including phenoxy) is 2. The van der Waals surface area contributed by atoms with E-state index in [2.05, 4.69) is 9.47 Å². The van der Waals surface area contributed by atoms with Gasteiger partial charge in [0, 0.05) is 5.56 Å². The average molecular weight is 301 g/mol. The predicted molar refractivity (Wildman–Crippen MR) is 59.0 cm³/mol. The number of ketones is 1. The van der Waals surface area contributed by atoms with Crippen molar-refractivity contribution < 1.29 is 31.8 Å². The molecule has 1 aromatic carbocycles. The molecule has 3 nitrogen and oxygen atoms in total. The minimum atomic E-state index is -3.13. The Bertz CT molecular complexity index is 454. The van der Waals surface area contributed by atoms with Crippen molar-refractivity contribution >= 4 is 17.4 Å². The zero-order chi connectivity index (χ0) is 14.6. The summed E-state index contributed by atoms with van der Waals surface area (Å²) in [6.45, 7) is -5.08. The summed E-state index contributed by atoms with van der Waals surface area (Å²) in [5.74, 6) is -1.22. The first-order chi connectivity index (χ1) is 8.81. The monoisotopic (exact) mass is 300 g/mol. The van der Waals surface area contributed by atoms with E-state index in [9.17, 15) is 22.4 Å². The molecule has 0 aromatic heterocycles. The Morgan fingerprint density at radius 1 is 1.16 bits per heavy atom. The number of alkyl halides is 5. The fourth-order valence-electron chi connectivity index (χ4n) is 1.32. The van der Waals surface area contributed by atoms with Crippen molar-refractivity contribution in [3.8, 4) is 11.5 Å². The molecule has 0 aliphatic carbocycles. The van der Waals surface area contributed by atoms with Gasteiger partial charge in [0.25, 0.3) is 0 Å². The maximum absolute atomic E-state index is 12.2. The van der Waals surface area contributed by atoms with Crippen molar-refractivity contribution in [3.63, 3.8) is 0 Å². The fourth-order valence-corrected chi connectivity index (χ4v) is 1.49. The van der Waals surface area contributed by atoms with Crippen LogP contribution >= 0.6 is 11.6 Å². The minimum absolute atomic E-state index is 0.160. The minimum Gasteiger partial charge on any atom is -0.435 e. The number of hydrogen-bond acceptors (Lipinski definition) is 3. The lowest BCUT2D eigenvalue weighted by Crippen LogP contribution is -2.10. The zero-order valence-corrected chi connectivity index (χ0v) is 10.3. The third-order valence-electron chi connectivity index (χ3n) is 2.05. The first-order valence-electron chi connectivity index (χ1n) is 4.99. The highest BCUT2D eigenvalue weighted by Crippen LogP contribution is 2.34. The summed E-state index contributed by atoms with van der Waals surface area (Å²) in [5, 5.41) is -1.30. The van der Waals surface area contributed by atoms with E-state index in [1.54, 1.807) is 0 Å². The molecule has 0 bridgehead atoms. The molecule has 0 amide bonds. The predicted octanol–water partition coefficient (Wildman–Crippen LogP) is 3.76. The molecule has 0 saturated carbocycles. The number of halogens is 5. The van der Waals surface area contributed by atoms with Crippen LogP contribution in [0.1, 0.15) is 17.9 Å². The number of carbonyl (C=O) groups is 1. The van der Waals surface area contributed by atoms with Crippen molar-refractivity contribution in [2.75, 3.05) is 0 Å². The van der Waals surface area contributed by atoms with Gasteiger partial charge in [-0.2, -0.15) is 17.6 Å². The number of carbonyl (C=O) groups excluding carboxylic acids is 1. The van der Waals surface area contributed by atoms with E-state index >= 15 is 0 Å². The standard InChI is InChI=1S/C11H9ClF4O3/c1-5(17)9(12)7-4-6(18-10(13)14)2-3-8(7)19-11(15)16/h2-4,9-11H,1H3. The lowest BCUT2D eigenvalue weighted by Gasteiger charge is -2.15. The van der Waals surface area contributed by atoms with Gasteiger partial charge in [-0.1, -0.05) is 0 Å². The Morgan fingerprint density at radius 3 is 2.21 bits per heavy atom. The summed E-state index contributed by atoms with van der Waals surface area (Å²) < 4.78 is 56.7. The van der Waals surface area contributed by atoms with Gasteiger partial charge in [0.2, 0.25) is 0 Å². The third kappa shape index (κ3) is 4.59. The second kappa shape index (κ2) is 6.60. The first-order valence-corrected chi connectivity index (χ1v) is 5.43. The van der Waals surface area contributed by atoms with Crippen molar-refractivity contribution in [1.82, 2.24) is 0 Å². The van der Waals surface area contributed by atoms with Gasteiger partial charge in [-0.15, -0.1) is 11.6 Å². The third-order valence-corrected chi connectivity index (χ3v) is 2.59. The second-order valence-electron chi connectivity index (χ2n) is 3.43. The largest absolute Gasteiger partial charge is 0.435 e. The lowest BCUT2D eigenvalue weighted by molar-refractivity contribution is -0.116. The maximum Gasteiger partial charge on any atom is 0.387 e. The summed E-state index contributed by atoms with van der Waals surface area (Å²) in [5.41, 5.74) is -0.160.